The summed E-state index contributed by atoms with van der Waals surface area (Å²) in [6, 6.07) is 0. The zero-order valence-electron chi connectivity index (χ0n) is 9.18. The maximum Gasteiger partial charge on any atom is 0.186 e. The van der Waals surface area contributed by atoms with E-state index >= 15 is 0 Å². The van der Waals surface area contributed by atoms with Crippen LogP contribution in [0, 0.1) is 18.7 Å². The molecule has 1 aromatic rings. The van der Waals surface area contributed by atoms with Crippen molar-refractivity contribution < 1.29 is 4.39 Å². The van der Waals surface area contributed by atoms with Gasteiger partial charge in [-0.25, -0.2) is 14.4 Å². The molecule has 1 aliphatic rings. The van der Waals surface area contributed by atoms with Gasteiger partial charge in [0.15, 0.2) is 11.6 Å². The van der Waals surface area contributed by atoms with E-state index in [2.05, 4.69) is 15.3 Å². The number of aryl methyl sites for hydroxylation is 1. The highest BCUT2D eigenvalue weighted by atomic mass is 19.1. The lowest BCUT2D eigenvalue weighted by Crippen LogP contribution is -2.09. The third kappa shape index (κ3) is 2.43. The predicted octanol–water partition coefficient (Wildman–Crippen LogP) is 2.31. The van der Waals surface area contributed by atoms with Crippen LogP contribution in [0.5, 0.6) is 0 Å². The first-order valence-corrected chi connectivity index (χ1v) is 5.47. The van der Waals surface area contributed by atoms with Crippen molar-refractivity contribution in [3.63, 3.8) is 0 Å². The maximum atomic E-state index is 13.5. The first-order valence-electron chi connectivity index (χ1n) is 5.47. The molecule has 1 aliphatic carbocycles. The van der Waals surface area contributed by atoms with Crippen LogP contribution in [0.15, 0.2) is 0 Å². The molecule has 0 aliphatic heterocycles. The fourth-order valence-corrected chi connectivity index (χ4v) is 1.57. The summed E-state index contributed by atoms with van der Waals surface area (Å²) in [5.74, 6) is 1.52. The van der Waals surface area contributed by atoms with Gasteiger partial charge in [-0.2, -0.15) is 0 Å². The van der Waals surface area contributed by atoms with Gasteiger partial charge in [-0.1, -0.05) is 0 Å². The number of nitrogens with one attached hydrogen (secondary N) is 1. The van der Waals surface area contributed by atoms with Crippen molar-refractivity contribution in [2.24, 2.45) is 5.92 Å². The van der Waals surface area contributed by atoms with Crippen LogP contribution < -0.4 is 5.32 Å². The summed E-state index contributed by atoms with van der Waals surface area (Å²) in [7, 11) is 0. The van der Waals surface area contributed by atoms with Gasteiger partial charge in [-0.3, -0.25) is 0 Å². The second-order valence-corrected chi connectivity index (χ2v) is 4.07. The highest BCUT2D eigenvalue weighted by Crippen LogP contribution is 2.32. The zero-order valence-corrected chi connectivity index (χ0v) is 9.18. The van der Waals surface area contributed by atoms with E-state index in [1.807, 2.05) is 6.92 Å². The van der Waals surface area contributed by atoms with Crippen molar-refractivity contribution in [2.75, 3.05) is 11.9 Å². The summed E-state index contributed by atoms with van der Waals surface area (Å²) in [6.07, 6.45) is 3.41. The largest absolute Gasteiger partial charge is 0.368 e. The molecule has 1 N–H and O–H groups in total. The van der Waals surface area contributed by atoms with E-state index < -0.39 is 0 Å². The minimum Gasteiger partial charge on any atom is -0.368 e. The van der Waals surface area contributed by atoms with E-state index in [1.54, 1.807) is 6.92 Å². The predicted molar refractivity (Wildman–Crippen MR) is 57.3 cm³/mol. The van der Waals surface area contributed by atoms with E-state index in [-0.39, 0.29) is 5.82 Å². The Bertz CT molecular complexity index is 361. The Hall–Kier alpha value is -1.19. The Morgan fingerprint density at radius 3 is 2.73 bits per heavy atom. The molecule has 0 atom stereocenters. The second kappa shape index (κ2) is 4.13. The van der Waals surface area contributed by atoms with Crippen molar-refractivity contribution in [1.29, 1.82) is 0 Å². The average molecular weight is 209 g/mol. The molecule has 0 unspecified atom stereocenters. The van der Waals surface area contributed by atoms with E-state index in [0.717, 1.165) is 18.2 Å². The molecule has 0 radical (unpaired) electrons. The molecule has 3 nitrogen and oxygen atoms in total. The van der Waals surface area contributed by atoms with Crippen molar-refractivity contribution in [3.05, 3.63) is 17.3 Å². The summed E-state index contributed by atoms with van der Waals surface area (Å²) in [4.78, 5) is 8.38. The molecule has 15 heavy (non-hydrogen) atoms. The molecule has 1 saturated carbocycles. The summed E-state index contributed by atoms with van der Waals surface area (Å²) < 4.78 is 13.5. The van der Waals surface area contributed by atoms with Gasteiger partial charge in [0.05, 0.1) is 5.69 Å². The molecule has 1 aromatic heterocycles. The quantitative estimate of drug-likeness (QED) is 0.826. The SMILES string of the molecule is CCNc1nc(CC2CC2)nc(C)c1F. The third-order valence-electron chi connectivity index (χ3n) is 2.58. The number of rotatable bonds is 4. The van der Waals surface area contributed by atoms with Crippen LogP contribution in [-0.2, 0) is 6.42 Å². The maximum absolute atomic E-state index is 13.5. The summed E-state index contributed by atoms with van der Waals surface area (Å²) in [5, 5.41) is 2.92. The van der Waals surface area contributed by atoms with Gasteiger partial charge in [-0.15, -0.1) is 0 Å². The molecular formula is C11H16FN3. The van der Waals surface area contributed by atoms with E-state index in [4.69, 9.17) is 0 Å². The lowest BCUT2D eigenvalue weighted by atomic mass is 10.2. The smallest absolute Gasteiger partial charge is 0.186 e. The van der Waals surface area contributed by atoms with Crippen molar-refractivity contribution in [1.82, 2.24) is 9.97 Å². The molecule has 0 amide bonds. The Kier molecular flexibility index (Phi) is 2.84. The molecule has 0 aromatic carbocycles. The number of halogens is 1. The second-order valence-electron chi connectivity index (χ2n) is 4.07. The van der Waals surface area contributed by atoms with Gasteiger partial charge in [0, 0.05) is 13.0 Å². The fraction of sp³-hybridized carbons (Fsp3) is 0.636. The van der Waals surface area contributed by atoms with Crippen LogP contribution in [0.25, 0.3) is 0 Å². The highest BCUT2D eigenvalue weighted by molar-refractivity contribution is 5.37. The van der Waals surface area contributed by atoms with Crippen molar-refractivity contribution in [3.8, 4) is 0 Å². The average Bonchev–Trinajstić information content (AvgIpc) is 2.98. The lowest BCUT2D eigenvalue weighted by Gasteiger charge is -2.08. The minimum atomic E-state index is -0.323. The Morgan fingerprint density at radius 2 is 2.13 bits per heavy atom. The molecule has 0 bridgehead atoms. The van der Waals surface area contributed by atoms with Gasteiger partial charge in [0.1, 0.15) is 5.82 Å². The molecule has 2 rings (SSSR count). The number of hydrogen-bond acceptors (Lipinski definition) is 3. The van der Waals surface area contributed by atoms with Gasteiger partial charge in [0.25, 0.3) is 0 Å². The van der Waals surface area contributed by atoms with Crippen LogP contribution in [-0.4, -0.2) is 16.5 Å². The van der Waals surface area contributed by atoms with Gasteiger partial charge in [0.2, 0.25) is 0 Å². The number of aromatic nitrogens is 2. The highest BCUT2D eigenvalue weighted by Gasteiger charge is 2.23. The van der Waals surface area contributed by atoms with Gasteiger partial charge >= 0.3 is 0 Å². The monoisotopic (exact) mass is 209 g/mol. The summed E-state index contributed by atoms with van der Waals surface area (Å²) in [5.41, 5.74) is 0.441. The topological polar surface area (TPSA) is 37.8 Å². The minimum absolute atomic E-state index is 0.323. The molecule has 1 heterocycles. The van der Waals surface area contributed by atoms with Gasteiger partial charge in [-0.05, 0) is 32.6 Å². The molecule has 4 heteroatoms. The molecule has 1 fully saturated rings. The Morgan fingerprint density at radius 1 is 1.40 bits per heavy atom. The lowest BCUT2D eigenvalue weighted by molar-refractivity contribution is 0.597. The Labute approximate surface area is 89.1 Å². The van der Waals surface area contributed by atoms with Crippen LogP contribution in [0.2, 0.25) is 0 Å². The molecule has 82 valence electrons. The van der Waals surface area contributed by atoms with Gasteiger partial charge < -0.3 is 5.32 Å². The normalized spacial score (nSPS) is 15.4. The number of hydrogen-bond donors (Lipinski definition) is 1. The first kappa shape index (κ1) is 10.3. The van der Waals surface area contributed by atoms with Crippen LogP contribution in [0.3, 0.4) is 0 Å². The number of anilines is 1. The molecular weight excluding hydrogens is 193 g/mol. The Balaban J connectivity index is 2.23. The molecule has 0 saturated heterocycles. The standard InChI is InChI=1S/C11H16FN3/c1-3-13-11-10(12)7(2)14-9(15-11)6-8-4-5-8/h8H,3-6H2,1-2H3,(H,13,14,15). The van der Waals surface area contributed by atoms with Crippen LogP contribution in [0.1, 0.15) is 31.3 Å². The van der Waals surface area contributed by atoms with E-state index in [9.17, 15) is 4.39 Å². The fourth-order valence-electron chi connectivity index (χ4n) is 1.57. The van der Waals surface area contributed by atoms with Crippen LogP contribution >= 0.6 is 0 Å². The van der Waals surface area contributed by atoms with E-state index in [1.165, 1.54) is 12.8 Å². The summed E-state index contributed by atoms with van der Waals surface area (Å²) in [6.45, 7) is 4.29. The molecule has 0 spiro atoms. The third-order valence-corrected chi connectivity index (χ3v) is 2.58. The van der Waals surface area contributed by atoms with Crippen LogP contribution in [0.4, 0.5) is 10.2 Å². The summed E-state index contributed by atoms with van der Waals surface area (Å²) >= 11 is 0. The van der Waals surface area contributed by atoms with E-state index in [0.29, 0.717) is 18.1 Å². The zero-order chi connectivity index (χ0) is 10.8. The first-order chi connectivity index (χ1) is 7.20. The van der Waals surface area contributed by atoms with Crippen molar-refractivity contribution >= 4 is 5.82 Å². The number of nitrogens with zero attached hydrogens (tertiary/aromatic N) is 2. The van der Waals surface area contributed by atoms with Crippen molar-refractivity contribution in [2.45, 2.75) is 33.1 Å².